The predicted octanol–water partition coefficient (Wildman–Crippen LogP) is 7.16. The van der Waals surface area contributed by atoms with Crippen molar-refractivity contribution in [2.45, 2.75) is 32.5 Å². The summed E-state index contributed by atoms with van der Waals surface area (Å²) in [6, 6.07) is 34.1. The van der Waals surface area contributed by atoms with E-state index in [1.807, 2.05) is 38.4 Å². The molecule has 0 aromatic heterocycles. The first-order valence-corrected chi connectivity index (χ1v) is 14.9. The van der Waals surface area contributed by atoms with Crippen molar-refractivity contribution in [3.05, 3.63) is 114 Å². The van der Waals surface area contributed by atoms with Gasteiger partial charge in [-0.15, -0.1) is 0 Å². The van der Waals surface area contributed by atoms with Gasteiger partial charge in [0.05, 0.1) is 20.3 Å². The second-order valence-electron chi connectivity index (χ2n) is 11.0. The van der Waals surface area contributed by atoms with Gasteiger partial charge in [-0.3, -0.25) is 0 Å². The third-order valence-electron chi connectivity index (χ3n) is 7.64. The maximum atomic E-state index is 6.02. The Balaban J connectivity index is 1.25. The number of hydrogen-bond acceptors (Lipinski definition) is 6. The van der Waals surface area contributed by atoms with Gasteiger partial charge in [-0.2, -0.15) is 0 Å². The Labute approximate surface area is 251 Å². The summed E-state index contributed by atoms with van der Waals surface area (Å²) < 4.78 is 17.4. The summed E-state index contributed by atoms with van der Waals surface area (Å²) in [5.74, 6) is 1.73. The molecule has 4 aromatic carbocycles. The van der Waals surface area contributed by atoms with Crippen LogP contribution in [-0.2, 0) is 24.4 Å². The molecule has 6 nitrogen and oxygen atoms in total. The Hall–Kier alpha value is -4.16. The predicted molar refractivity (Wildman–Crippen MR) is 173 cm³/mol. The fourth-order valence-corrected chi connectivity index (χ4v) is 5.38. The summed E-state index contributed by atoms with van der Waals surface area (Å²) in [7, 11) is 5.77. The lowest BCUT2D eigenvalue weighted by Crippen LogP contribution is -2.23. The van der Waals surface area contributed by atoms with Crippen LogP contribution in [0.1, 0.15) is 29.5 Å². The molecule has 0 aliphatic carbocycles. The van der Waals surface area contributed by atoms with Gasteiger partial charge in [-0.25, -0.2) is 0 Å². The molecule has 1 fully saturated rings. The molecular weight excluding hydrogens is 522 g/mol. The largest absolute Gasteiger partial charge is 0.497 e. The highest BCUT2D eigenvalue weighted by Crippen LogP contribution is 2.26. The Kier molecular flexibility index (Phi) is 10.2. The molecule has 0 bridgehead atoms. The summed E-state index contributed by atoms with van der Waals surface area (Å²) in [5, 5.41) is 0. The first kappa shape index (κ1) is 29.3. The maximum absolute atomic E-state index is 6.02. The standard InChI is InChI=1S/C36H43N3O3/c1-37(2)32-13-9-17-36(25-32)42-21-20-41-28-31-12-7-15-34(23-31)39(27-30-11-8-16-35(24-30)40-3)26-29-10-6-14-33(22-29)38-18-4-5-19-38/h6-17,22-25H,4-5,18-21,26-28H2,1-3H3. The third kappa shape index (κ3) is 8.20. The van der Waals surface area contributed by atoms with Crippen LogP contribution in [0.25, 0.3) is 0 Å². The molecule has 0 saturated carbocycles. The molecule has 1 saturated heterocycles. The van der Waals surface area contributed by atoms with Crippen LogP contribution in [0.5, 0.6) is 11.5 Å². The van der Waals surface area contributed by atoms with E-state index in [-0.39, 0.29) is 0 Å². The van der Waals surface area contributed by atoms with Gasteiger partial charge in [0.2, 0.25) is 0 Å². The van der Waals surface area contributed by atoms with E-state index in [0.717, 1.165) is 48.9 Å². The average molecular weight is 566 g/mol. The zero-order valence-electron chi connectivity index (χ0n) is 25.2. The number of rotatable bonds is 14. The SMILES string of the molecule is COc1cccc(CN(Cc2cccc(N3CCCC3)c2)c2cccc(COCCOc3cccc(N(C)C)c3)c2)c1. The van der Waals surface area contributed by atoms with Crippen molar-refractivity contribution in [3.8, 4) is 11.5 Å². The van der Waals surface area contributed by atoms with Crippen molar-refractivity contribution in [1.82, 2.24) is 0 Å². The minimum Gasteiger partial charge on any atom is -0.497 e. The lowest BCUT2D eigenvalue weighted by Gasteiger charge is -2.27. The molecule has 5 rings (SSSR count). The van der Waals surface area contributed by atoms with Crippen LogP contribution in [0.15, 0.2) is 97.1 Å². The molecule has 4 aromatic rings. The van der Waals surface area contributed by atoms with Crippen LogP contribution >= 0.6 is 0 Å². The number of benzene rings is 4. The van der Waals surface area contributed by atoms with E-state index in [1.165, 1.54) is 35.3 Å². The minimum atomic E-state index is 0.506. The molecule has 0 spiro atoms. The van der Waals surface area contributed by atoms with E-state index >= 15 is 0 Å². The quantitative estimate of drug-likeness (QED) is 0.151. The highest BCUT2D eigenvalue weighted by molar-refractivity contribution is 5.53. The van der Waals surface area contributed by atoms with Gasteiger partial charge >= 0.3 is 0 Å². The number of anilines is 3. The second-order valence-corrected chi connectivity index (χ2v) is 11.0. The molecule has 0 radical (unpaired) electrons. The number of methoxy groups -OCH3 is 1. The first-order valence-electron chi connectivity index (χ1n) is 14.9. The van der Waals surface area contributed by atoms with Crippen molar-refractivity contribution < 1.29 is 14.2 Å². The van der Waals surface area contributed by atoms with Crippen molar-refractivity contribution in [2.24, 2.45) is 0 Å². The summed E-state index contributed by atoms with van der Waals surface area (Å²) in [4.78, 5) is 7.00. The number of nitrogens with zero attached hydrogens (tertiary/aromatic N) is 3. The fourth-order valence-electron chi connectivity index (χ4n) is 5.38. The summed E-state index contributed by atoms with van der Waals surface area (Å²) in [6.45, 7) is 5.43. The summed E-state index contributed by atoms with van der Waals surface area (Å²) in [6.07, 6.45) is 2.55. The molecule has 1 aliphatic rings. The number of ether oxygens (including phenoxy) is 3. The molecule has 220 valence electrons. The van der Waals surface area contributed by atoms with E-state index in [1.54, 1.807) is 7.11 Å². The van der Waals surface area contributed by atoms with Gasteiger partial charge in [-0.05, 0) is 78.1 Å². The van der Waals surface area contributed by atoms with Crippen LogP contribution in [0, 0.1) is 0 Å². The van der Waals surface area contributed by atoms with E-state index in [0.29, 0.717) is 19.8 Å². The first-order chi connectivity index (χ1) is 20.6. The zero-order chi connectivity index (χ0) is 29.1. The van der Waals surface area contributed by atoms with E-state index in [9.17, 15) is 0 Å². The molecule has 0 amide bonds. The second kappa shape index (κ2) is 14.6. The highest BCUT2D eigenvalue weighted by Gasteiger charge is 2.15. The van der Waals surface area contributed by atoms with Gasteiger partial charge in [-0.1, -0.05) is 42.5 Å². The molecule has 42 heavy (non-hydrogen) atoms. The lowest BCUT2D eigenvalue weighted by atomic mass is 10.1. The fraction of sp³-hybridized carbons (Fsp3) is 0.333. The van der Waals surface area contributed by atoms with Crippen molar-refractivity contribution in [3.63, 3.8) is 0 Å². The molecule has 0 unspecified atom stereocenters. The summed E-state index contributed by atoms with van der Waals surface area (Å²) in [5.41, 5.74) is 7.27. The summed E-state index contributed by atoms with van der Waals surface area (Å²) >= 11 is 0. The lowest BCUT2D eigenvalue weighted by molar-refractivity contribution is 0.0889. The van der Waals surface area contributed by atoms with E-state index < -0.39 is 0 Å². The van der Waals surface area contributed by atoms with E-state index in [2.05, 4.69) is 87.5 Å². The molecule has 0 N–H and O–H groups in total. The van der Waals surface area contributed by atoms with Crippen LogP contribution in [-0.4, -0.2) is 47.5 Å². The monoisotopic (exact) mass is 565 g/mol. The molecule has 1 heterocycles. The molecule has 6 heteroatoms. The van der Waals surface area contributed by atoms with Crippen LogP contribution in [0.4, 0.5) is 17.1 Å². The molecule has 0 atom stereocenters. The van der Waals surface area contributed by atoms with Gasteiger partial charge < -0.3 is 28.9 Å². The Morgan fingerprint density at radius 3 is 2.12 bits per heavy atom. The minimum absolute atomic E-state index is 0.506. The molecular formula is C36H43N3O3. The van der Waals surface area contributed by atoms with Gasteiger partial charge in [0, 0.05) is 63.4 Å². The van der Waals surface area contributed by atoms with Gasteiger partial charge in [0.25, 0.3) is 0 Å². The average Bonchev–Trinajstić information content (AvgIpc) is 3.57. The Morgan fingerprint density at radius 1 is 0.667 bits per heavy atom. The van der Waals surface area contributed by atoms with Crippen LogP contribution < -0.4 is 24.2 Å². The van der Waals surface area contributed by atoms with Crippen molar-refractivity contribution in [2.75, 3.05) is 62.2 Å². The smallest absolute Gasteiger partial charge is 0.121 e. The zero-order valence-corrected chi connectivity index (χ0v) is 25.2. The topological polar surface area (TPSA) is 37.4 Å². The van der Waals surface area contributed by atoms with Crippen LogP contribution in [0.3, 0.4) is 0 Å². The number of hydrogen-bond donors (Lipinski definition) is 0. The van der Waals surface area contributed by atoms with Crippen molar-refractivity contribution in [1.29, 1.82) is 0 Å². The van der Waals surface area contributed by atoms with E-state index in [4.69, 9.17) is 14.2 Å². The highest BCUT2D eigenvalue weighted by atomic mass is 16.5. The maximum Gasteiger partial charge on any atom is 0.121 e. The Morgan fingerprint density at radius 2 is 1.33 bits per heavy atom. The van der Waals surface area contributed by atoms with Gasteiger partial charge in [0.1, 0.15) is 18.1 Å². The normalized spacial score (nSPS) is 12.8. The third-order valence-corrected chi connectivity index (χ3v) is 7.64. The van der Waals surface area contributed by atoms with Gasteiger partial charge in [0.15, 0.2) is 0 Å². The molecule has 1 aliphatic heterocycles. The van der Waals surface area contributed by atoms with Crippen LogP contribution in [0.2, 0.25) is 0 Å². The Bertz CT molecular complexity index is 1420. The van der Waals surface area contributed by atoms with Crippen molar-refractivity contribution >= 4 is 17.1 Å².